The zero-order chi connectivity index (χ0) is 18.1. The highest BCUT2D eigenvalue weighted by molar-refractivity contribution is 5.86. The number of aryl methyl sites for hydroxylation is 2. The van der Waals surface area contributed by atoms with Gasteiger partial charge in [0.05, 0.1) is 18.7 Å². The van der Waals surface area contributed by atoms with Crippen LogP contribution in [0.4, 0.5) is 5.82 Å². The van der Waals surface area contributed by atoms with Crippen LogP contribution in [-0.2, 0) is 14.1 Å². The molecule has 0 radical (unpaired) electrons. The second-order valence-electron chi connectivity index (χ2n) is 5.98. The van der Waals surface area contributed by atoms with E-state index in [1.54, 1.807) is 24.2 Å². The minimum Gasteiger partial charge on any atom is -0.497 e. The van der Waals surface area contributed by atoms with Crippen LogP contribution in [-0.4, -0.2) is 36.4 Å². The molecule has 132 valence electrons. The summed E-state index contributed by atoms with van der Waals surface area (Å²) in [7, 11) is 5.49. The Morgan fingerprint density at radius 3 is 2.81 bits per heavy atom. The molecular weight excluding hydrogens is 330 g/mol. The third-order valence-corrected chi connectivity index (χ3v) is 4.35. The van der Waals surface area contributed by atoms with Crippen molar-refractivity contribution in [2.45, 2.75) is 6.04 Å². The van der Waals surface area contributed by atoms with Gasteiger partial charge in [0.2, 0.25) is 0 Å². The van der Waals surface area contributed by atoms with Crippen molar-refractivity contribution >= 4 is 16.9 Å². The average molecular weight is 349 g/mol. The highest BCUT2D eigenvalue weighted by atomic mass is 16.5. The van der Waals surface area contributed by atoms with E-state index < -0.39 is 0 Å². The summed E-state index contributed by atoms with van der Waals surface area (Å²) in [5.74, 6) is 2.37. The largest absolute Gasteiger partial charge is 0.497 e. The number of hydrogen-bond acceptors (Lipinski definition) is 6. The Bertz CT molecular complexity index is 1050. The molecule has 3 heterocycles. The zero-order valence-electron chi connectivity index (χ0n) is 14.8. The van der Waals surface area contributed by atoms with E-state index in [1.807, 2.05) is 49.1 Å². The fourth-order valence-electron chi connectivity index (χ4n) is 2.99. The Morgan fingerprint density at radius 2 is 2.04 bits per heavy atom. The van der Waals surface area contributed by atoms with Crippen molar-refractivity contribution < 1.29 is 4.74 Å². The minimum absolute atomic E-state index is 0.205. The van der Waals surface area contributed by atoms with Crippen LogP contribution in [0.25, 0.3) is 11.0 Å². The van der Waals surface area contributed by atoms with Crippen molar-refractivity contribution in [3.8, 4) is 5.75 Å². The minimum atomic E-state index is -0.205. The summed E-state index contributed by atoms with van der Waals surface area (Å²) in [6, 6.07) is 7.71. The molecule has 8 nitrogen and oxygen atoms in total. The van der Waals surface area contributed by atoms with Gasteiger partial charge in [0.15, 0.2) is 5.65 Å². The summed E-state index contributed by atoms with van der Waals surface area (Å²) in [6.07, 6.45) is 7.00. The number of fused-ring (bicyclic) bond motifs is 1. The number of methoxy groups -OCH3 is 1. The molecule has 8 heteroatoms. The molecule has 0 amide bonds. The van der Waals surface area contributed by atoms with Gasteiger partial charge in [-0.25, -0.2) is 15.0 Å². The molecule has 0 saturated carbocycles. The maximum absolute atomic E-state index is 5.38. The van der Waals surface area contributed by atoms with Crippen molar-refractivity contribution in [2.75, 3.05) is 12.4 Å². The first-order chi connectivity index (χ1) is 12.7. The lowest BCUT2D eigenvalue weighted by atomic mass is 10.1. The number of nitrogens with one attached hydrogen (secondary N) is 1. The molecule has 1 unspecified atom stereocenters. The number of hydrogen-bond donors (Lipinski definition) is 1. The summed E-state index contributed by atoms with van der Waals surface area (Å²) in [5.41, 5.74) is 1.79. The molecule has 0 fully saturated rings. The van der Waals surface area contributed by atoms with Gasteiger partial charge in [0.25, 0.3) is 0 Å². The molecule has 1 N–H and O–H groups in total. The maximum atomic E-state index is 5.38. The van der Waals surface area contributed by atoms with E-state index in [1.165, 1.54) is 6.33 Å². The number of imidazole rings is 1. The van der Waals surface area contributed by atoms with Crippen molar-refractivity contribution in [1.29, 1.82) is 0 Å². The molecule has 4 aromatic rings. The van der Waals surface area contributed by atoms with Crippen molar-refractivity contribution in [2.24, 2.45) is 14.1 Å². The molecule has 1 aromatic carbocycles. The van der Waals surface area contributed by atoms with Crippen LogP contribution in [0.5, 0.6) is 5.75 Å². The Morgan fingerprint density at radius 1 is 1.15 bits per heavy atom. The Kier molecular flexibility index (Phi) is 4.00. The van der Waals surface area contributed by atoms with Crippen LogP contribution in [0.15, 0.2) is 49.2 Å². The molecule has 0 saturated heterocycles. The molecule has 0 bridgehead atoms. The maximum Gasteiger partial charge on any atom is 0.163 e. The second-order valence-corrected chi connectivity index (χ2v) is 5.98. The topological polar surface area (TPSA) is 82.7 Å². The highest BCUT2D eigenvalue weighted by Crippen LogP contribution is 2.29. The van der Waals surface area contributed by atoms with E-state index in [0.29, 0.717) is 5.82 Å². The fraction of sp³-hybridized carbons (Fsp3) is 0.222. The number of rotatable bonds is 5. The number of anilines is 1. The molecular formula is C18H19N7O. The molecule has 0 aliphatic rings. The Hall–Kier alpha value is -3.42. The molecule has 0 spiro atoms. The van der Waals surface area contributed by atoms with E-state index in [4.69, 9.17) is 4.74 Å². The lowest BCUT2D eigenvalue weighted by Gasteiger charge is -2.20. The SMILES string of the molecule is COc1cccc(C(Nc2ncnc3c2cnn3C)c2nccn2C)c1. The number of aromatic nitrogens is 6. The van der Waals surface area contributed by atoms with Crippen LogP contribution >= 0.6 is 0 Å². The van der Waals surface area contributed by atoms with Crippen LogP contribution in [0.2, 0.25) is 0 Å². The highest BCUT2D eigenvalue weighted by Gasteiger charge is 2.21. The average Bonchev–Trinajstić information content (AvgIpc) is 3.26. The normalized spacial score (nSPS) is 12.3. The molecule has 3 aromatic heterocycles. The smallest absolute Gasteiger partial charge is 0.163 e. The number of ether oxygens (including phenoxy) is 1. The molecule has 4 rings (SSSR count). The zero-order valence-corrected chi connectivity index (χ0v) is 14.8. The summed E-state index contributed by atoms with van der Waals surface area (Å²) < 4.78 is 9.09. The lowest BCUT2D eigenvalue weighted by molar-refractivity contribution is 0.414. The molecule has 26 heavy (non-hydrogen) atoms. The van der Waals surface area contributed by atoms with Gasteiger partial charge >= 0.3 is 0 Å². The van der Waals surface area contributed by atoms with Gasteiger partial charge in [-0.15, -0.1) is 0 Å². The second kappa shape index (κ2) is 6.47. The van der Waals surface area contributed by atoms with Crippen molar-refractivity contribution in [3.05, 3.63) is 60.6 Å². The van der Waals surface area contributed by atoms with Gasteiger partial charge in [-0.3, -0.25) is 4.68 Å². The molecule has 0 aliphatic carbocycles. The third-order valence-electron chi connectivity index (χ3n) is 4.35. The summed E-state index contributed by atoms with van der Waals surface area (Å²) in [6.45, 7) is 0. The van der Waals surface area contributed by atoms with Gasteiger partial charge in [-0.05, 0) is 17.7 Å². The van der Waals surface area contributed by atoms with Gasteiger partial charge in [0, 0.05) is 26.5 Å². The summed E-state index contributed by atoms with van der Waals surface area (Å²) >= 11 is 0. The lowest BCUT2D eigenvalue weighted by Crippen LogP contribution is -2.17. The standard InChI is InChI=1S/C18H19N7O/c1-24-8-7-19-18(24)15(12-5-4-6-13(9-12)26-3)23-16-14-10-22-25(2)17(14)21-11-20-16/h4-11,15H,1-3H3,(H,20,21,23). The number of nitrogens with zero attached hydrogens (tertiary/aromatic N) is 6. The predicted molar refractivity (Wildman–Crippen MR) is 98.0 cm³/mol. The van der Waals surface area contributed by atoms with E-state index in [-0.39, 0.29) is 6.04 Å². The number of benzene rings is 1. The first-order valence-corrected chi connectivity index (χ1v) is 8.18. The first-order valence-electron chi connectivity index (χ1n) is 8.18. The van der Waals surface area contributed by atoms with E-state index in [0.717, 1.165) is 28.2 Å². The monoisotopic (exact) mass is 349 g/mol. The summed E-state index contributed by atoms with van der Waals surface area (Å²) in [5, 5.41) is 8.64. The van der Waals surface area contributed by atoms with Crippen molar-refractivity contribution in [1.82, 2.24) is 29.3 Å². The summed E-state index contributed by atoms with van der Waals surface area (Å²) in [4.78, 5) is 13.2. The first kappa shape index (κ1) is 16.1. The van der Waals surface area contributed by atoms with Crippen LogP contribution in [0.3, 0.4) is 0 Å². The quantitative estimate of drug-likeness (QED) is 0.595. The van der Waals surface area contributed by atoms with E-state index in [9.17, 15) is 0 Å². The molecule has 0 aliphatic heterocycles. The Labute approximate surface area is 150 Å². The fourth-order valence-corrected chi connectivity index (χ4v) is 2.99. The van der Waals surface area contributed by atoms with Gasteiger partial charge in [-0.2, -0.15) is 5.10 Å². The Balaban J connectivity index is 1.81. The van der Waals surface area contributed by atoms with Crippen LogP contribution < -0.4 is 10.1 Å². The van der Waals surface area contributed by atoms with Gasteiger partial charge in [0.1, 0.15) is 29.8 Å². The van der Waals surface area contributed by atoms with Gasteiger partial charge < -0.3 is 14.6 Å². The third kappa shape index (κ3) is 2.75. The van der Waals surface area contributed by atoms with E-state index in [2.05, 4.69) is 25.4 Å². The predicted octanol–water partition coefficient (Wildman–Crippen LogP) is 2.31. The van der Waals surface area contributed by atoms with Gasteiger partial charge in [-0.1, -0.05) is 12.1 Å². The van der Waals surface area contributed by atoms with Crippen LogP contribution in [0, 0.1) is 0 Å². The van der Waals surface area contributed by atoms with Crippen molar-refractivity contribution in [3.63, 3.8) is 0 Å². The molecule has 1 atom stereocenters. The van der Waals surface area contributed by atoms with Crippen LogP contribution in [0.1, 0.15) is 17.4 Å². The van der Waals surface area contributed by atoms with E-state index >= 15 is 0 Å².